The Labute approximate surface area is 127 Å². The van der Waals surface area contributed by atoms with E-state index in [1.54, 1.807) is 23.9 Å². The van der Waals surface area contributed by atoms with E-state index < -0.39 is 4.92 Å². The molecule has 6 nitrogen and oxygen atoms in total. The maximum Gasteiger partial charge on any atom is 0.310 e. The van der Waals surface area contributed by atoms with Crippen LogP contribution in [-0.2, 0) is 9.53 Å². The first-order valence-electron chi connectivity index (χ1n) is 6.52. The van der Waals surface area contributed by atoms with Gasteiger partial charge in [-0.3, -0.25) is 14.9 Å². The fourth-order valence-electron chi connectivity index (χ4n) is 2.06. The molecule has 7 heteroatoms. The average molecular weight is 311 g/mol. The number of nitro benzene ring substituents is 1. The molecule has 0 amide bonds. The van der Waals surface area contributed by atoms with Crippen LogP contribution in [0.2, 0.25) is 0 Å². The van der Waals surface area contributed by atoms with E-state index in [-0.39, 0.29) is 22.8 Å². The van der Waals surface area contributed by atoms with E-state index in [0.717, 1.165) is 23.5 Å². The molecule has 1 saturated carbocycles. The van der Waals surface area contributed by atoms with Crippen molar-refractivity contribution < 1.29 is 19.2 Å². The van der Waals surface area contributed by atoms with E-state index >= 15 is 0 Å². The van der Waals surface area contributed by atoms with E-state index in [1.165, 1.54) is 20.3 Å². The van der Waals surface area contributed by atoms with Gasteiger partial charge in [0.25, 0.3) is 0 Å². The van der Waals surface area contributed by atoms with Crippen LogP contribution in [0.3, 0.4) is 0 Å². The Bertz CT molecular complexity index is 556. The number of hydrogen-bond acceptors (Lipinski definition) is 6. The second-order valence-corrected chi connectivity index (χ2v) is 6.18. The predicted molar refractivity (Wildman–Crippen MR) is 78.7 cm³/mol. The van der Waals surface area contributed by atoms with Crippen LogP contribution in [-0.4, -0.2) is 30.9 Å². The summed E-state index contributed by atoms with van der Waals surface area (Å²) in [4.78, 5) is 22.6. The van der Waals surface area contributed by atoms with Crippen LogP contribution in [0.25, 0.3) is 0 Å². The van der Waals surface area contributed by atoms with Gasteiger partial charge in [-0.2, -0.15) is 0 Å². The SMILES string of the molecule is COC(=O)CC1(CSc2ccc([N+](=O)[O-])c(OC)c2)CC1. The number of hydrogen-bond donors (Lipinski definition) is 0. The van der Waals surface area contributed by atoms with Gasteiger partial charge in [-0.1, -0.05) is 0 Å². The Balaban J connectivity index is 2.01. The summed E-state index contributed by atoms with van der Waals surface area (Å²) in [5.41, 5.74) is -0.0233. The van der Waals surface area contributed by atoms with Crippen molar-refractivity contribution in [1.29, 1.82) is 0 Å². The Hall–Kier alpha value is -1.76. The molecule has 0 aromatic heterocycles. The minimum Gasteiger partial charge on any atom is -0.490 e. The molecule has 0 spiro atoms. The van der Waals surface area contributed by atoms with Crippen molar-refractivity contribution in [2.75, 3.05) is 20.0 Å². The van der Waals surface area contributed by atoms with Crippen molar-refractivity contribution in [2.24, 2.45) is 5.41 Å². The van der Waals surface area contributed by atoms with Gasteiger partial charge in [-0.25, -0.2) is 0 Å². The Morgan fingerprint density at radius 1 is 1.43 bits per heavy atom. The summed E-state index contributed by atoms with van der Waals surface area (Å²) >= 11 is 1.58. The van der Waals surface area contributed by atoms with Gasteiger partial charge in [0.1, 0.15) is 0 Å². The van der Waals surface area contributed by atoms with Crippen molar-refractivity contribution in [3.63, 3.8) is 0 Å². The number of nitrogens with zero attached hydrogens (tertiary/aromatic N) is 1. The fraction of sp³-hybridized carbons (Fsp3) is 0.500. The number of carbonyl (C=O) groups is 1. The fourth-order valence-corrected chi connectivity index (χ4v) is 3.28. The number of benzene rings is 1. The molecule has 0 atom stereocenters. The molecule has 0 unspecified atom stereocenters. The number of nitro groups is 1. The third kappa shape index (κ3) is 3.87. The predicted octanol–water partition coefficient (Wildman–Crippen LogP) is 3.04. The normalized spacial score (nSPS) is 15.3. The Morgan fingerprint density at radius 2 is 2.14 bits per heavy atom. The third-order valence-electron chi connectivity index (χ3n) is 3.60. The molecule has 0 N–H and O–H groups in total. The van der Waals surface area contributed by atoms with Gasteiger partial charge in [0.15, 0.2) is 5.75 Å². The van der Waals surface area contributed by atoms with Crippen molar-refractivity contribution in [3.8, 4) is 5.75 Å². The summed E-state index contributed by atoms with van der Waals surface area (Å²) in [6.07, 6.45) is 2.46. The van der Waals surface area contributed by atoms with Gasteiger partial charge in [0.2, 0.25) is 0 Å². The molecule has 1 aromatic carbocycles. The molecule has 1 aliphatic carbocycles. The first-order valence-corrected chi connectivity index (χ1v) is 7.50. The number of methoxy groups -OCH3 is 2. The molecule has 0 aliphatic heterocycles. The van der Waals surface area contributed by atoms with Gasteiger partial charge in [-0.15, -0.1) is 11.8 Å². The zero-order chi connectivity index (χ0) is 15.5. The van der Waals surface area contributed by atoms with Crippen LogP contribution in [0, 0.1) is 15.5 Å². The summed E-state index contributed by atoms with van der Waals surface area (Å²) in [6.45, 7) is 0. The van der Waals surface area contributed by atoms with E-state index in [2.05, 4.69) is 0 Å². The van der Waals surface area contributed by atoms with E-state index in [1.807, 2.05) is 0 Å². The van der Waals surface area contributed by atoms with Gasteiger partial charge < -0.3 is 9.47 Å². The summed E-state index contributed by atoms with van der Waals surface area (Å²) in [6, 6.07) is 4.82. The topological polar surface area (TPSA) is 78.7 Å². The first-order chi connectivity index (χ1) is 9.99. The molecule has 0 bridgehead atoms. The minimum absolute atomic E-state index is 0.0206. The Morgan fingerprint density at radius 3 is 2.67 bits per heavy atom. The first kappa shape index (κ1) is 15.6. The summed E-state index contributed by atoms with van der Waals surface area (Å²) < 4.78 is 9.76. The molecule has 1 aromatic rings. The highest BCUT2D eigenvalue weighted by Gasteiger charge is 2.44. The molecule has 0 heterocycles. The van der Waals surface area contributed by atoms with Gasteiger partial charge in [-0.05, 0) is 24.3 Å². The lowest BCUT2D eigenvalue weighted by atomic mass is 10.1. The van der Waals surface area contributed by atoms with Crippen LogP contribution in [0.1, 0.15) is 19.3 Å². The van der Waals surface area contributed by atoms with Crippen LogP contribution in [0.4, 0.5) is 5.69 Å². The summed E-state index contributed by atoms with van der Waals surface area (Å²) in [5.74, 6) is 0.862. The number of ether oxygens (including phenoxy) is 2. The van der Waals surface area contributed by atoms with Crippen LogP contribution in [0.5, 0.6) is 5.75 Å². The molecule has 1 aliphatic rings. The average Bonchev–Trinajstić information content (AvgIpc) is 3.24. The Kier molecular flexibility index (Phi) is 4.72. The zero-order valence-electron chi connectivity index (χ0n) is 12.0. The van der Waals surface area contributed by atoms with Crippen molar-refractivity contribution in [1.82, 2.24) is 0 Å². The van der Waals surface area contributed by atoms with Gasteiger partial charge >= 0.3 is 11.7 Å². The number of carbonyl (C=O) groups excluding carboxylic acids is 1. The highest BCUT2D eigenvalue weighted by molar-refractivity contribution is 7.99. The van der Waals surface area contributed by atoms with Crippen LogP contribution >= 0.6 is 11.8 Å². The largest absolute Gasteiger partial charge is 0.490 e. The number of rotatable bonds is 7. The molecule has 114 valence electrons. The molecule has 1 fully saturated rings. The molecule has 0 radical (unpaired) electrons. The lowest BCUT2D eigenvalue weighted by Gasteiger charge is -2.13. The van der Waals surface area contributed by atoms with Gasteiger partial charge in [0.05, 0.1) is 25.6 Å². The maximum absolute atomic E-state index is 11.4. The maximum atomic E-state index is 11.4. The monoisotopic (exact) mass is 311 g/mol. The van der Waals surface area contributed by atoms with Crippen LogP contribution in [0.15, 0.2) is 23.1 Å². The highest BCUT2D eigenvalue weighted by Crippen LogP contribution is 2.52. The quantitative estimate of drug-likeness (QED) is 0.333. The molecule has 21 heavy (non-hydrogen) atoms. The van der Waals surface area contributed by atoms with Crippen molar-refractivity contribution >= 4 is 23.4 Å². The summed E-state index contributed by atoms with van der Waals surface area (Å²) in [5, 5.41) is 10.8. The molecule has 0 saturated heterocycles. The molecular formula is C14H17NO5S. The van der Waals surface area contributed by atoms with E-state index in [0.29, 0.717) is 6.42 Å². The van der Waals surface area contributed by atoms with Gasteiger partial charge in [0, 0.05) is 22.8 Å². The number of esters is 1. The molecular weight excluding hydrogens is 294 g/mol. The highest BCUT2D eigenvalue weighted by atomic mass is 32.2. The van der Waals surface area contributed by atoms with E-state index in [4.69, 9.17) is 9.47 Å². The zero-order valence-corrected chi connectivity index (χ0v) is 12.8. The van der Waals surface area contributed by atoms with Crippen molar-refractivity contribution in [2.45, 2.75) is 24.2 Å². The van der Waals surface area contributed by atoms with E-state index in [9.17, 15) is 14.9 Å². The lowest BCUT2D eigenvalue weighted by Crippen LogP contribution is -2.12. The standard InChI is InChI=1S/C14H17NO5S/c1-19-12-7-10(3-4-11(12)15(17)18)21-9-14(5-6-14)8-13(16)20-2/h3-4,7H,5-6,8-9H2,1-2H3. The minimum atomic E-state index is -0.465. The number of thioether (sulfide) groups is 1. The summed E-state index contributed by atoms with van der Waals surface area (Å²) in [7, 11) is 2.81. The third-order valence-corrected chi connectivity index (χ3v) is 4.94. The lowest BCUT2D eigenvalue weighted by molar-refractivity contribution is -0.385. The smallest absolute Gasteiger partial charge is 0.310 e. The molecule has 2 rings (SSSR count). The van der Waals surface area contributed by atoms with Crippen molar-refractivity contribution in [3.05, 3.63) is 28.3 Å². The second kappa shape index (κ2) is 6.34. The second-order valence-electron chi connectivity index (χ2n) is 5.13. The van der Waals surface area contributed by atoms with Crippen LogP contribution < -0.4 is 4.74 Å².